The van der Waals surface area contributed by atoms with Crippen molar-refractivity contribution in [3.8, 4) is 0 Å². The summed E-state index contributed by atoms with van der Waals surface area (Å²) in [5, 5.41) is 9.29. The molecule has 0 aromatic rings. The molecule has 0 fully saturated rings. The number of unbranched alkanes of at least 4 members (excludes halogenated alkanes) is 10. The molecule has 0 amide bonds. The van der Waals surface area contributed by atoms with Crippen LogP contribution in [0.5, 0.6) is 0 Å². The van der Waals surface area contributed by atoms with E-state index in [4.69, 9.17) is 18.9 Å². The second-order valence-corrected chi connectivity index (χ2v) is 14.0. The van der Waals surface area contributed by atoms with Gasteiger partial charge in [0.05, 0.1) is 51.1 Å². The Kier molecular flexibility index (Phi) is 34.6. The van der Waals surface area contributed by atoms with Crippen molar-refractivity contribution in [3.05, 3.63) is 0 Å². The molecule has 0 aromatic heterocycles. The molecule has 0 bridgehead atoms. The highest BCUT2D eigenvalue weighted by Gasteiger charge is 2.20. The van der Waals surface area contributed by atoms with Crippen LogP contribution >= 0.6 is 0 Å². The quantitative estimate of drug-likeness (QED) is 0.0377. The minimum atomic E-state index is -0.316. The van der Waals surface area contributed by atoms with Gasteiger partial charge in [0.15, 0.2) is 0 Å². The number of ether oxygens (including phenoxy) is 4. The van der Waals surface area contributed by atoms with Crippen LogP contribution in [0.4, 0.5) is 0 Å². The van der Waals surface area contributed by atoms with Gasteiger partial charge in [-0.2, -0.15) is 0 Å². The highest BCUT2D eigenvalue weighted by Crippen LogP contribution is 2.20. The SMILES string of the molecule is CCCCCCC(CCCC)C(=O)OCCCCOC(=O)CCN(CCCO)CCC(=O)OCCCCOC(=O)C(CCCC)CCCCCC. The third-order valence-electron chi connectivity index (χ3n) is 9.28. The topological polar surface area (TPSA) is 129 Å². The van der Waals surface area contributed by atoms with Gasteiger partial charge in [-0.1, -0.05) is 105 Å². The Morgan fingerprint density at radius 3 is 1.20 bits per heavy atom. The number of nitrogens with zero attached hydrogens (tertiary/aromatic N) is 1. The maximum absolute atomic E-state index is 12.6. The molecule has 0 aromatic carbocycles. The lowest BCUT2D eigenvalue weighted by Crippen LogP contribution is -2.31. The van der Waals surface area contributed by atoms with Gasteiger partial charge in [0, 0.05) is 26.2 Å². The van der Waals surface area contributed by atoms with Gasteiger partial charge < -0.3 is 29.0 Å². The minimum absolute atomic E-state index is 0.0173. The molecule has 0 spiro atoms. The summed E-state index contributed by atoms with van der Waals surface area (Å²) < 4.78 is 21.9. The summed E-state index contributed by atoms with van der Waals surface area (Å²) in [6, 6.07) is 0. The molecule has 0 heterocycles. The Balaban J connectivity index is 4.23. The molecule has 2 unspecified atom stereocenters. The number of esters is 4. The summed E-state index contributed by atoms with van der Waals surface area (Å²) >= 11 is 0. The monoisotopic (exact) mass is 728 g/mol. The van der Waals surface area contributed by atoms with E-state index in [9.17, 15) is 24.3 Å². The van der Waals surface area contributed by atoms with E-state index >= 15 is 0 Å². The lowest BCUT2D eigenvalue weighted by Gasteiger charge is -2.21. The predicted octanol–water partition coefficient (Wildman–Crippen LogP) is 8.74. The van der Waals surface area contributed by atoms with Crippen molar-refractivity contribution >= 4 is 23.9 Å². The lowest BCUT2D eigenvalue weighted by molar-refractivity contribution is -0.150. The van der Waals surface area contributed by atoms with E-state index < -0.39 is 0 Å². The molecule has 2 atom stereocenters. The Labute approximate surface area is 311 Å². The van der Waals surface area contributed by atoms with Crippen LogP contribution in [0.1, 0.15) is 175 Å². The summed E-state index contributed by atoms with van der Waals surface area (Å²) in [5.41, 5.74) is 0. The fourth-order valence-electron chi connectivity index (χ4n) is 5.93. The molecule has 0 radical (unpaired) electrons. The van der Waals surface area contributed by atoms with Crippen LogP contribution < -0.4 is 0 Å². The Hall–Kier alpha value is -2.20. The van der Waals surface area contributed by atoms with Gasteiger partial charge in [-0.15, -0.1) is 0 Å². The summed E-state index contributed by atoms with van der Waals surface area (Å²) in [4.78, 5) is 51.9. The van der Waals surface area contributed by atoms with Crippen LogP contribution in [0.15, 0.2) is 0 Å². The number of carbonyl (C=O) groups excluding carboxylic acids is 4. The zero-order valence-electron chi connectivity index (χ0n) is 33.2. The van der Waals surface area contributed by atoms with Gasteiger partial charge >= 0.3 is 23.9 Å². The highest BCUT2D eigenvalue weighted by molar-refractivity contribution is 5.73. The van der Waals surface area contributed by atoms with E-state index in [0.29, 0.717) is 65.0 Å². The van der Waals surface area contributed by atoms with Crippen molar-refractivity contribution in [1.82, 2.24) is 4.90 Å². The summed E-state index contributed by atoms with van der Waals surface area (Å²) in [5.74, 6) is -0.859. The van der Waals surface area contributed by atoms with E-state index in [0.717, 1.165) is 77.0 Å². The second kappa shape index (κ2) is 36.2. The van der Waals surface area contributed by atoms with Crippen molar-refractivity contribution in [2.75, 3.05) is 52.7 Å². The number of hydrogen-bond donors (Lipinski definition) is 1. The zero-order valence-corrected chi connectivity index (χ0v) is 33.2. The molecular weight excluding hydrogens is 650 g/mol. The minimum Gasteiger partial charge on any atom is -0.466 e. The number of hydrogen-bond acceptors (Lipinski definition) is 10. The third kappa shape index (κ3) is 30.0. The molecule has 51 heavy (non-hydrogen) atoms. The van der Waals surface area contributed by atoms with Crippen molar-refractivity contribution in [2.45, 2.75) is 175 Å². The summed E-state index contributed by atoms with van der Waals surface area (Å²) in [6.07, 6.45) is 20.4. The first kappa shape index (κ1) is 48.8. The van der Waals surface area contributed by atoms with Crippen LogP contribution in [0.25, 0.3) is 0 Å². The molecule has 0 saturated heterocycles. The van der Waals surface area contributed by atoms with Gasteiger partial charge in [-0.05, 0) is 57.8 Å². The molecule has 0 aliphatic heterocycles. The Morgan fingerprint density at radius 2 is 0.824 bits per heavy atom. The van der Waals surface area contributed by atoms with Crippen LogP contribution in [0.3, 0.4) is 0 Å². The normalized spacial score (nSPS) is 12.4. The molecule has 1 N–H and O–H groups in total. The van der Waals surface area contributed by atoms with Crippen LogP contribution in [-0.2, 0) is 38.1 Å². The average molecular weight is 728 g/mol. The standard InChI is InChI=1S/C41H77NO9/c1-5-9-13-15-24-36(22-11-7-3)40(46)50-34-19-17-32-48-38(44)26-29-42(28-21-31-43)30-27-39(45)49-33-18-20-35-51-41(47)37(23-12-8-4)25-16-14-10-6-2/h36-37,43H,5-35H2,1-4H3. The molecular formula is C41H77NO9. The smallest absolute Gasteiger partial charge is 0.308 e. The summed E-state index contributed by atoms with van der Waals surface area (Å²) in [6.45, 7) is 11.3. The van der Waals surface area contributed by atoms with Crippen molar-refractivity contribution < 1.29 is 43.2 Å². The lowest BCUT2D eigenvalue weighted by atomic mass is 9.95. The Bertz CT molecular complexity index is 789. The maximum Gasteiger partial charge on any atom is 0.308 e. The van der Waals surface area contributed by atoms with Crippen LogP contribution in [0, 0.1) is 11.8 Å². The van der Waals surface area contributed by atoms with E-state index in [1.807, 2.05) is 4.90 Å². The molecule has 300 valence electrons. The molecule has 10 nitrogen and oxygen atoms in total. The predicted molar refractivity (Wildman–Crippen MR) is 203 cm³/mol. The van der Waals surface area contributed by atoms with Gasteiger partial charge in [-0.25, -0.2) is 0 Å². The first-order valence-electron chi connectivity index (χ1n) is 20.8. The molecule has 0 saturated carbocycles. The molecule has 0 aliphatic carbocycles. The largest absolute Gasteiger partial charge is 0.466 e. The van der Waals surface area contributed by atoms with Crippen LogP contribution in [0.2, 0.25) is 0 Å². The fourth-order valence-corrected chi connectivity index (χ4v) is 5.93. The summed E-state index contributed by atoms with van der Waals surface area (Å²) in [7, 11) is 0. The van der Waals surface area contributed by atoms with Crippen molar-refractivity contribution in [2.24, 2.45) is 11.8 Å². The number of aliphatic hydroxyl groups excluding tert-OH is 1. The van der Waals surface area contributed by atoms with Gasteiger partial charge in [0.2, 0.25) is 0 Å². The first-order valence-corrected chi connectivity index (χ1v) is 20.8. The van der Waals surface area contributed by atoms with Crippen molar-refractivity contribution in [1.29, 1.82) is 0 Å². The van der Waals surface area contributed by atoms with Crippen LogP contribution in [-0.4, -0.2) is 86.6 Å². The molecule has 10 heteroatoms. The third-order valence-corrected chi connectivity index (χ3v) is 9.28. The van der Waals surface area contributed by atoms with Gasteiger partial charge in [0.1, 0.15) is 0 Å². The van der Waals surface area contributed by atoms with Gasteiger partial charge in [0.25, 0.3) is 0 Å². The number of rotatable bonds is 37. The van der Waals surface area contributed by atoms with E-state index in [1.165, 1.54) is 25.7 Å². The number of aliphatic hydroxyl groups is 1. The fraction of sp³-hybridized carbons (Fsp3) is 0.902. The van der Waals surface area contributed by atoms with E-state index in [1.54, 1.807) is 0 Å². The zero-order chi connectivity index (χ0) is 37.8. The molecule has 0 rings (SSSR count). The van der Waals surface area contributed by atoms with E-state index in [2.05, 4.69) is 27.7 Å². The Morgan fingerprint density at radius 1 is 0.451 bits per heavy atom. The average Bonchev–Trinajstić information content (AvgIpc) is 3.13. The van der Waals surface area contributed by atoms with Crippen molar-refractivity contribution in [3.63, 3.8) is 0 Å². The number of carbonyl (C=O) groups is 4. The highest BCUT2D eigenvalue weighted by atomic mass is 16.5. The van der Waals surface area contributed by atoms with E-state index in [-0.39, 0.29) is 68.4 Å². The van der Waals surface area contributed by atoms with Gasteiger partial charge in [-0.3, -0.25) is 19.2 Å². The maximum atomic E-state index is 12.6. The molecule has 0 aliphatic rings. The second-order valence-electron chi connectivity index (χ2n) is 14.0. The first-order chi connectivity index (χ1) is 24.8.